The molecular formula is C13H26N2O. The van der Waals surface area contributed by atoms with Gasteiger partial charge in [0.1, 0.15) is 0 Å². The highest BCUT2D eigenvalue weighted by atomic mass is 16.2. The summed E-state index contributed by atoms with van der Waals surface area (Å²) in [7, 11) is 1.92. The summed E-state index contributed by atoms with van der Waals surface area (Å²) in [6.07, 6.45) is 6.51. The summed E-state index contributed by atoms with van der Waals surface area (Å²) in [5.74, 6) is 0.325. The third-order valence-electron chi connectivity index (χ3n) is 3.85. The molecule has 0 spiro atoms. The average molecular weight is 226 g/mol. The summed E-state index contributed by atoms with van der Waals surface area (Å²) in [6.45, 7) is 4.27. The molecule has 0 aliphatic heterocycles. The Balaban J connectivity index is 2.54. The quantitative estimate of drug-likeness (QED) is 0.798. The Hall–Kier alpha value is -0.570. The maximum absolute atomic E-state index is 12.3. The molecule has 0 aromatic heterocycles. The monoisotopic (exact) mass is 226 g/mol. The number of nitrogens with two attached hydrogens (primary N) is 1. The molecule has 0 bridgehead atoms. The first-order chi connectivity index (χ1) is 7.57. The van der Waals surface area contributed by atoms with E-state index in [0.29, 0.717) is 6.04 Å². The number of rotatable bonds is 4. The van der Waals surface area contributed by atoms with Gasteiger partial charge in [0, 0.05) is 19.1 Å². The number of amides is 1. The fraction of sp³-hybridized carbons (Fsp3) is 0.923. The van der Waals surface area contributed by atoms with Crippen LogP contribution in [0.4, 0.5) is 0 Å². The summed E-state index contributed by atoms with van der Waals surface area (Å²) in [5.41, 5.74) is 6.04. The summed E-state index contributed by atoms with van der Waals surface area (Å²) in [4.78, 5) is 14.2. The van der Waals surface area contributed by atoms with Gasteiger partial charge in [0.05, 0.1) is 5.92 Å². The zero-order valence-electron chi connectivity index (χ0n) is 10.9. The third kappa shape index (κ3) is 3.21. The van der Waals surface area contributed by atoms with Crippen molar-refractivity contribution in [1.82, 2.24) is 4.90 Å². The highest BCUT2D eigenvalue weighted by Gasteiger charge is 2.31. The normalized spacial score (nSPS) is 27.5. The number of carbonyl (C=O) groups excluding carboxylic acids is 1. The van der Waals surface area contributed by atoms with E-state index in [4.69, 9.17) is 5.73 Å². The minimum atomic E-state index is 0.0676. The lowest BCUT2D eigenvalue weighted by Gasteiger charge is -2.33. The van der Waals surface area contributed by atoms with Gasteiger partial charge in [-0.3, -0.25) is 4.79 Å². The molecule has 16 heavy (non-hydrogen) atoms. The molecule has 0 saturated heterocycles. The molecule has 1 aliphatic carbocycles. The van der Waals surface area contributed by atoms with E-state index in [1.165, 1.54) is 6.42 Å². The van der Waals surface area contributed by atoms with E-state index >= 15 is 0 Å². The highest BCUT2D eigenvalue weighted by molar-refractivity contribution is 5.79. The molecule has 0 aromatic carbocycles. The van der Waals surface area contributed by atoms with Crippen LogP contribution in [-0.4, -0.2) is 29.9 Å². The lowest BCUT2D eigenvalue weighted by Crippen LogP contribution is -2.47. The zero-order chi connectivity index (χ0) is 12.1. The highest BCUT2D eigenvalue weighted by Crippen LogP contribution is 2.25. The van der Waals surface area contributed by atoms with Crippen LogP contribution in [0.2, 0.25) is 0 Å². The fourth-order valence-corrected chi connectivity index (χ4v) is 2.56. The molecule has 0 heterocycles. The number of nitrogens with zero attached hydrogens (tertiary/aromatic N) is 1. The number of hydrogen-bond acceptors (Lipinski definition) is 2. The van der Waals surface area contributed by atoms with Crippen LogP contribution >= 0.6 is 0 Å². The first-order valence-corrected chi connectivity index (χ1v) is 6.60. The molecule has 3 heteroatoms. The Morgan fingerprint density at radius 3 is 2.62 bits per heavy atom. The van der Waals surface area contributed by atoms with E-state index < -0.39 is 0 Å². The van der Waals surface area contributed by atoms with Gasteiger partial charge >= 0.3 is 0 Å². The molecule has 3 nitrogen and oxygen atoms in total. The van der Waals surface area contributed by atoms with E-state index in [-0.39, 0.29) is 17.9 Å². The third-order valence-corrected chi connectivity index (χ3v) is 3.85. The van der Waals surface area contributed by atoms with Crippen LogP contribution in [0.5, 0.6) is 0 Å². The Bertz CT molecular complexity index is 230. The molecule has 3 unspecified atom stereocenters. The van der Waals surface area contributed by atoms with Crippen molar-refractivity contribution in [3.05, 3.63) is 0 Å². The first kappa shape index (κ1) is 13.5. The van der Waals surface area contributed by atoms with E-state index in [1.54, 1.807) is 0 Å². The zero-order valence-corrected chi connectivity index (χ0v) is 10.9. The molecule has 1 aliphatic rings. The topological polar surface area (TPSA) is 46.3 Å². The first-order valence-electron chi connectivity index (χ1n) is 6.60. The molecular weight excluding hydrogens is 200 g/mol. The van der Waals surface area contributed by atoms with Gasteiger partial charge in [0.15, 0.2) is 0 Å². The van der Waals surface area contributed by atoms with Gasteiger partial charge < -0.3 is 10.6 Å². The molecule has 94 valence electrons. The van der Waals surface area contributed by atoms with Crippen LogP contribution in [0.25, 0.3) is 0 Å². The summed E-state index contributed by atoms with van der Waals surface area (Å²) in [6, 6.07) is 0.421. The second kappa shape index (κ2) is 6.24. The molecule has 1 fully saturated rings. The Morgan fingerprint density at radius 1 is 1.44 bits per heavy atom. The smallest absolute Gasteiger partial charge is 0.227 e. The molecule has 0 radical (unpaired) electrons. The second-order valence-electron chi connectivity index (χ2n) is 5.14. The lowest BCUT2D eigenvalue weighted by molar-refractivity contribution is -0.137. The molecule has 2 N–H and O–H groups in total. The van der Waals surface area contributed by atoms with Gasteiger partial charge in [-0.15, -0.1) is 0 Å². The van der Waals surface area contributed by atoms with Crippen molar-refractivity contribution >= 4 is 5.91 Å². The van der Waals surface area contributed by atoms with Crippen molar-refractivity contribution in [2.24, 2.45) is 11.7 Å². The molecule has 0 aromatic rings. The van der Waals surface area contributed by atoms with Crippen molar-refractivity contribution in [1.29, 1.82) is 0 Å². The predicted octanol–water partition coefficient (Wildman–Crippen LogP) is 2.15. The van der Waals surface area contributed by atoms with Gasteiger partial charge in [0.2, 0.25) is 5.91 Å². The van der Waals surface area contributed by atoms with E-state index in [2.05, 4.69) is 13.8 Å². The maximum Gasteiger partial charge on any atom is 0.227 e. The van der Waals surface area contributed by atoms with Crippen molar-refractivity contribution in [3.63, 3.8) is 0 Å². The van der Waals surface area contributed by atoms with Crippen LogP contribution in [-0.2, 0) is 4.79 Å². The van der Waals surface area contributed by atoms with Crippen molar-refractivity contribution in [2.45, 2.75) is 64.5 Å². The van der Waals surface area contributed by atoms with Crippen molar-refractivity contribution in [3.8, 4) is 0 Å². The number of hydrogen-bond donors (Lipinski definition) is 1. The second-order valence-corrected chi connectivity index (χ2v) is 5.14. The van der Waals surface area contributed by atoms with E-state index in [1.807, 2.05) is 11.9 Å². The largest absolute Gasteiger partial charge is 0.343 e. The van der Waals surface area contributed by atoms with Crippen molar-refractivity contribution < 1.29 is 4.79 Å². The van der Waals surface area contributed by atoms with Crippen LogP contribution < -0.4 is 5.73 Å². The summed E-state index contributed by atoms with van der Waals surface area (Å²) < 4.78 is 0. The van der Waals surface area contributed by atoms with Crippen LogP contribution in [0.1, 0.15) is 52.4 Å². The Kier molecular flexibility index (Phi) is 5.26. The summed E-state index contributed by atoms with van der Waals surface area (Å²) >= 11 is 0. The minimum Gasteiger partial charge on any atom is -0.343 e. The van der Waals surface area contributed by atoms with Crippen molar-refractivity contribution in [2.75, 3.05) is 7.05 Å². The molecule has 3 atom stereocenters. The number of carbonyl (C=O) groups is 1. The molecule has 1 amide bonds. The molecule has 1 rings (SSSR count). The average Bonchev–Trinajstić information content (AvgIpc) is 2.28. The predicted molar refractivity (Wildman–Crippen MR) is 67.1 cm³/mol. The van der Waals surface area contributed by atoms with Gasteiger partial charge in [-0.2, -0.15) is 0 Å². The minimum absolute atomic E-state index is 0.0676. The SMILES string of the molecule is CCCC(C)N(C)C(=O)C1CCCCC1N. The fourth-order valence-electron chi connectivity index (χ4n) is 2.56. The van der Waals surface area contributed by atoms with Crippen LogP contribution in [0.3, 0.4) is 0 Å². The van der Waals surface area contributed by atoms with E-state index in [9.17, 15) is 4.79 Å². The van der Waals surface area contributed by atoms with Gasteiger partial charge in [-0.05, 0) is 26.2 Å². The van der Waals surface area contributed by atoms with Gasteiger partial charge in [-0.25, -0.2) is 0 Å². The Labute approximate surface area is 99.4 Å². The van der Waals surface area contributed by atoms with Crippen LogP contribution in [0, 0.1) is 5.92 Å². The van der Waals surface area contributed by atoms with Crippen LogP contribution in [0.15, 0.2) is 0 Å². The maximum atomic E-state index is 12.3. The van der Waals surface area contributed by atoms with E-state index in [0.717, 1.165) is 32.1 Å². The Morgan fingerprint density at radius 2 is 2.06 bits per heavy atom. The van der Waals surface area contributed by atoms with Gasteiger partial charge in [0.25, 0.3) is 0 Å². The standard InChI is InChI=1S/C13H26N2O/c1-4-7-10(2)15(3)13(16)11-8-5-6-9-12(11)14/h10-12H,4-9,14H2,1-3H3. The van der Waals surface area contributed by atoms with Gasteiger partial charge in [-0.1, -0.05) is 26.2 Å². The molecule has 1 saturated carbocycles. The lowest BCUT2D eigenvalue weighted by atomic mass is 9.84. The summed E-state index contributed by atoms with van der Waals surface area (Å²) in [5, 5.41) is 0.